The zero-order valence-electron chi connectivity index (χ0n) is 14.9. The van der Waals surface area contributed by atoms with Crippen molar-refractivity contribution in [1.29, 1.82) is 0 Å². The minimum absolute atomic E-state index is 0.103. The number of phenols is 1. The smallest absolute Gasteiger partial charge is 0.508 e. The average molecular weight is 353 g/mol. The molecule has 0 aromatic heterocycles. The number of rotatable bonds is 4. The molecule has 7 heteroatoms. The highest BCUT2D eigenvalue weighted by Crippen LogP contribution is 2.37. The van der Waals surface area contributed by atoms with Gasteiger partial charge in [-0.1, -0.05) is 12.1 Å². The Labute approximate surface area is 147 Å². The number of aliphatic hydroxyl groups excluding tert-OH is 2. The molecule has 7 nitrogen and oxygen atoms in total. The predicted molar refractivity (Wildman–Crippen MR) is 90.9 cm³/mol. The van der Waals surface area contributed by atoms with Crippen molar-refractivity contribution >= 4 is 6.16 Å². The van der Waals surface area contributed by atoms with E-state index in [1.165, 1.54) is 5.06 Å². The van der Waals surface area contributed by atoms with Gasteiger partial charge in [0.15, 0.2) is 0 Å². The van der Waals surface area contributed by atoms with Gasteiger partial charge in [0.1, 0.15) is 11.4 Å². The Morgan fingerprint density at radius 3 is 2.08 bits per heavy atom. The lowest BCUT2D eigenvalue weighted by molar-refractivity contribution is -0.178. The van der Waals surface area contributed by atoms with Gasteiger partial charge in [0.05, 0.1) is 0 Å². The number of nitrogens with zero attached hydrogens (tertiary/aromatic N) is 1. The van der Waals surface area contributed by atoms with Crippen molar-refractivity contribution in [2.24, 2.45) is 11.8 Å². The van der Waals surface area contributed by atoms with Gasteiger partial charge < -0.3 is 24.9 Å². The third-order valence-corrected chi connectivity index (χ3v) is 4.23. The van der Waals surface area contributed by atoms with Crippen molar-refractivity contribution in [3.63, 3.8) is 0 Å². The van der Waals surface area contributed by atoms with E-state index < -0.39 is 11.8 Å². The molecule has 1 aliphatic rings. The molecule has 0 bridgehead atoms. The zero-order valence-corrected chi connectivity index (χ0v) is 14.9. The Kier molecular flexibility index (Phi) is 6.26. The molecule has 0 radical (unpaired) electrons. The summed E-state index contributed by atoms with van der Waals surface area (Å²) in [5.74, 6) is -0.389. The van der Waals surface area contributed by atoms with Crippen LogP contribution in [0.15, 0.2) is 24.3 Å². The van der Waals surface area contributed by atoms with Crippen molar-refractivity contribution in [2.75, 3.05) is 26.3 Å². The van der Waals surface area contributed by atoms with E-state index in [2.05, 4.69) is 0 Å². The van der Waals surface area contributed by atoms with Gasteiger partial charge in [-0.25, -0.2) is 4.79 Å². The summed E-state index contributed by atoms with van der Waals surface area (Å²) in [5.41, 5.74) is 0.265. The Balaban J connectivity index is 2.11. The number of hydrogen-bond donors (Lipinski definition) is 3. The molecule has 0 saturated carbocycles. The quantitative estimate of drug-likeness (QED) is 0.711. The van der Waals surface area contributed by atoms with Crippen molar-refractivity contribution in [3.05, 3.63) is 29.8 Å². The van der Waals surface area contributed by atoms with Gasteiger partial charge in [-0.3, -0.25) is 0 Å². The second-order valence-electron chi connectivity index (χ2n) is 7.41. The van der Waals surface area contributed by atoms with Gasteiger partial charge in [-0.15, -0.1) is 5.06 Å². The van der Waals surface area contributed by atoms with Gasteiger partial charge in [0.25, 0.3) is 0 Å². The molecule has 1 heterocycles. The van der Waals surface area contributed by atoms with Gasteiger partial charge >= 0.3 is 6.16 Å². The molecule has 0 unspecified atom stereocenters. The van der Waals surface area contributed by atoms with Crippen LogP contribution in [0.25, 0.3) is 0 Å². The number of phenolic OH excluding ortho intramolecular Hbond substituents is 1. The first kappa shape index (κ1) is 19.5. The third-order valence-electron chi connectivity index (χ3n) is 4.23. The van der Waals surface area contributed by atoms with Crippen LogP contribution in [0.1, 0.15) is 32.3 Å². The number of hydrogen-bond acceptors (Lipinski definition) is 7. The number of hydroxylamine groups is 2. The maximum Gasteiger partial charge on any atom is 0.528 e. The van der Waals surface area contributed by atoms with E-state index in [1.807, 2.05) is 0 Å². The summed E-state index contributed by atoms with van der Waals surface area (Å²) >= 11 is 0. The molecular formula is C18H27NO6. The number of aromatic hydroxyl groups is 1. The summed E-state index contributed by atoms with van der Waals surface area (Å²) in [6.07, 6.45) is -0.802. The van der Waals surface area contributed by atoms with E-state index in [0.717, 1.165) is 5.56 Å². The fourth-order valence-electron chi connectivity index (χ4n) is 3.24. The molecule has 1 aromatic carbocycles. The highest BCUT2D eigenvalue weighted by molar-refractivity contribution is 5.60. The van der Waals surface area contributed by atoms with Crippen LogP contribution in [-0.4, -0.2) is 58.4 Å². The molecule has 3 atom stereocenters. The number of carbonyl (C=O) groups is 1. The Morgan fingerprint density at radius 1 is 1.12 bits per heavy atom. The molecule has 1 saturated heterocycles. The first-order valence-corrected chi connectivity index (χ1v) is 8.40. The van der Waals surface area contributed by atoms with E-state index in [1.54, 1.807) is 45.0 Å². The molecule has 3 N–H and O–H groups in total. The van der Waals surface area contributed by atoms with Crippen LogP contribution >= 0.6 is 0 Å². The second kappa shape index (κ2) is 8.03. The predicted octanol–water partition coefficient (Wildman–Crippen LogP) is 1.88. The lowest BCUT2D eigenvalue weighted by Gasteiger charge is -2.41. The molecule has 1 aromatic rings. The monoisotopic (exact) mass is 353 g/mol. The highest BCUT2D eigenvalue weighted by Gasteiger charge is 2.39. The maximum atomic E-state index is 11.9. The molecule has 25 heavy (non-hydrogen) atoms. The normalized spacial score (nSPS) is 24.8. The third kappa shape index (κ3) is 5.32. The molecule has 0 amide bonds. The molecule has 1 aliphatic heterocycles. The standard InChI is InChI=1S/C18H27NO6/c1-18(2,3)24-17(23)25-19-8-13(10-20)16(14(9-19)11-21)12-4-6-15(22)7-5-12/h4-7,13-14,16,20-22H,8-11H2,1-3H3/t13-,14+,16+. The van der Waals surface area contributed by atoms with E-state index in [9.17, 15) is 20.1 Å². The fraction of sp³-hybridized carbons (Fsp3) is 0.611. The van der Waals surface area contributed by atoms with Crippen molar-refractivity contribution in [1.82, 2.24) is 5.06 Å². The van der Waals surface area contributed by atoms with E-state index in [0.29, 0.717) is 13.1 Å². The number of aliphatic hydroxyl groups is 2. The molecule has 1 fully saturated rings. The van der Waals surface area contributed by atoms with Crippen LogP contribution in [0, 0.1) is 11.8 Å². The largest absolute Gasteiger partial charge is 0.528 e. The summed E-state index contributed by atoms with van der Waals surface area (Å²) in [5, 5.41) is 30.5. The van der Waals surface area contributed by atoms with Crippen LogP contribution in [0.2, 0.25) is 0 Å². The fourth-order valence-corrected chi connectivity index (χ4v) is 3.24. The Morgan fingerprint density at radius 2 is 1.64 bits per heavy atom. The summed E-state index contributed by atoms with van der Waals surface area (Å²) in [6.45, 7) is 5.68. The number of ether oxygens (including phenoxy) is 1. The molecule has 2 rings (SSSR count). The minimum Gasteiger partial charge on any atom is -0.508 e. The van der Waals surface area contributed by atoms with E-state index in [-0.39, 0.29) is 36.7 Å². The molecule has 0 aliphatic carbocycles. The van der Waals surface area contributed by atoms with Crippen LogP contribution in [-0.2, 0) is 9.57 Å². The molecular weight excluding hydrogens is 326 g/mol. The maximum absolute atomic E-state index is 11.9. The van der Waals surface area contributed by atoms with Gasteiger partial charge in [0.2, 0.25) is 0 Å². The van der Waals surface area contributed by atoms with Crippen LogP contribution in [0.4, 0.5) is 4.79 Å². The van der Waals surface area contributed by atoms with Crippen molar-refractivity contribution < 1.29 is 29.7 Å². The highest BCUT2D eigenvalue weighted by atomic mass is 16.8. The first-order valence-electron chi connectivity index (χ1n) is 8.40. The lowest BCUT2D eigenvalue weighted by Crippen LogP contribution is -2.48. The SMILES string of the molecule is CC(C)(C)OC(=O)ON1C[C@@H](CO)[C@@H](c2ccc(O)cc2)[C@@H](CO)C1. The van der Waals surface area contributed by atoms with Crippen LogP contribution < -0.4 is 0 Å². The summed E-state index contributed by atoms with van der Waals surface area (Å²) in [4.78, 5) is 17.1. The van der Waals surface area contributed by atoms with Crippen LogP contribution in [0.5, 0.6) is 5.75 Å². The summed E-state index contributed by atoms with van der Waals surface area (Å²) < 4.78 is 5.15. The van der Waals surface area contributed by atoms with E-state index in [4.69, 9.17) is 9.57 Å². The zero-order chi connectivity index (χ0) is 18.6. The summed E-state index contributed by atoms with van der Waals surface area (Å²) in [6, 6.07) is 6.74. The van der Waals surface area contributed by atoms with Crippen LogP contribution in [0.3, 0.4) is 0 Å². The van der Waals surface area contributed by atoms with Crippen molar-refractivity contribution in [2.45, 2.75) is 32.3 Å². The van der Waals surface area contributed by atoms with Gasteiger partial charge in [-0.2, -0.15) is 0 Å². The Hall–Kier alpha value is -1.83. The van der Waals surface area contributed by atoms with E-state index >= 15 is 0 Å². The van der Waals surface area contributed by atoms with Gasteiger partial charge in [0, 0.05) is 38.1 Å². The number of carbonyl (C=O) groups excluding carboxylic acids is 1. The molecule has 140 valence electrons. The van der Waals surface area contributed by atoms with Crippen molar-refractivity contribution in [3.8, 4) is 5.75 Å². The Bertz CT molecular complexity index is 554. The minimum atomic E-state index is -0.802. The van der Waals surface area contributed by atoms with Gasteiger partial charge in [-0.05, 0) is 44.4 Å². The first-order chi connectivity index (χ1) is 11.7. The second-order valence-corrected chi connectivity index (χ2v) is 7.41. The number of benzene rings is 1. The summed E-state index contributed by atoms with van der Waals surface area (Å²) in [7, 11) is 0. The topological polar surface area (TPSA) is 99.5 Å². The lowest BCUT2D eigenvalue weighted by atomic mass is 9.74. The molecule has 0 spiro atoms. The average Bonchev–Trinajstić information content (AvgIpc) is 2.53. The number of piperidine rings is 1.